The highest BCUT2D eigenvalue weighted by molar-refractivity contribution is 14.0. The van der Waals surface area contributed by atoms with Crippen molar-refractivity contribution in [3.8, 4) is 0 Å². The average molecular weight is 444 g/mol. The molecule has 0 unspecified atom stereocenters. The number of piperidine rings is 1. The van der Waals surface area contributed by atoms with Crippen LogP contribution < -0.4 is 5.32 Å². The molecule has 0 bridgehead atoms. The number of benzene rings is 1. The van der Waals surface area contributed by atoms with Crippen LogP contribution in [-0.4, -0.2) is 49.5 Å². The molecule has 0 saturated carbocycles. The zero-order valence-corrected chi connectivity index (χ0v) is 17.9. The Bertz CT molecular complexity index is 510. The van der Waals surface area contributed by atoms with E-state index in [4.69, 9.17) is 0 Å². The predicted octanol–water partition coefficient (Wildman–Crippen LogP) is 3.56. The van der Waals surface area contributed by atoms with E-state index >= 15 is 0 Å². The standard InChI is InChI=1S/C19H32N4.HI/c1-5-22(4)15-18-8-6-7-17(13-18)14-21-19(20-3)23-11-9-16(2)10-12-23;/h6-8,13,16H,5,9-12,14-15H2,1-4H3,(H,20,21);1H. The molecule has 0 aliphatic carbocycles. The Balaban J connectivity index is 0.00000288. The lowest BCUT2D eigenvalue weighted by Gasteiger charge is -2.33. The topological polar surface area (TPSA) is 30.9 Å². The molecule has 0 radical (unpaired) electrons. The van der Waals surface area contributed by atoms with Crippen molar-refractivity contribution in [3.05, 3.63) is 35.4 Å². The van der Waals surface area contributed by atoms with E-state index in [1.807, 2.05) is 7.05 Å². The fourth-order valence-corrected chi connectivity index (χ4v) is 3.00. The summed E-state index contributed by atoms with van der Waals surface area (Å²) in [4.78, 5) is 9.16. The summed E-state index contributed by atoms with van der Waals surface area (Å²) < 4.78 is 0. The summed E-state index contributed by atoms with van der Waals surface area (Å²) in [5.74, 6) is 1.88. The van der Waals surface area contributed by atoms with Crippen LogP contribution in [0.4, 0.5) is 0 Å². The second-order valence-electron chi connectivity index (χ2n) is 6.72. The molecule has 0 aromatic heterocycles. The van der Waals surface area contributed by atoms with E-state index in [0.29, 0.717) is 0 Å². The molecule has 136 valence electrons. The van der Waals surface area contributed by atoms with Crippen LogP contribution in [0.1, 0.15) is 37.8 Å². The molecule has 1 aromatic carbocycles. The SMILES string of the molecule is CCN(C)Cc1cccc(CNC(=NC)N2CCC(C)CC2)c1.I. The molecule has 5 heteroatoms. The fourth-order valence-electron chi connectivity index (χ4n) is 3.00. The van der Waals surface area contributed by atoms with Gasteiger partial charge in [0.1, 0.15) is 0 Å². The fraction of sp³-hybridized carbons (Fsp3) is 0.632. The Morgan fingerprint density at radius 1 is 1.29 bits per heavy atom. The van der Waals surface area contributed by atoms with E-state index in [1.165, 1.54) is 24.0 Å². The van der Waals surface area contributed by atoms with Gasteiger partial charge in [0.05, 0.1) is 0 Å². The lowest BCUT2D eigenvalue weighted by molar-refractivity contribution is 0.273. The van der Waals surface area contributed by atoms with Crippen molar-refractivity contribution in [2.45, 2.75) is 39.8 Å². The number of guanidine groups is 1. The summed E-state index contributed by atoms with van der Waals surface area (Å²) in [5.41, 5.74) is 2.69. The minimum absolute atomic E-state index is 0. The third kappa shape index (κ3) is 6.59. The average Bonchev–Trinajstić information content (AvgIpc) is 2.57. The van der Waals surface area contributed by atoms with Crippen LogP contribution in [0.15, 0.2) is 29.3 Å². The van der Waals surface area contributed by atoms with E-state index in [2.05, 4.69) is 65.3 Å². The first-order valence-electron chi connectivity index (χ1n) is 8.84. The van der Waals surface area contributed by atoms with E-state index in [0.717, 1.165) is 44.6 Å². The van der Waals surface area contributed by atoms with Crippen LogP contribution in [-0.2, 0) is 13.1 Å². The maximum atomic E-state index is 4.46. The molecule has 2 rings (SSSR count). The van der Waals surface area contributed by atoms with Gasteiger partial charge < -0.3 is 15.1 Å². The third-order valence-electron chi connectivity index (χ3n) is 4.73. The van der Waals surface area contributed by atoms with Crippen molar-refractivity contribution in [1.82, 2.24) is 15.1 Å². The minimum atomic E-state index is 0. The van der Waals surface area contributed by atoms with Crippen molar-refractivity contribution in [1.29, 1.82) is 0 Å². The third-order valence-corrected chi connectivity index (χ3v) is 4.73. The number of hydrogen-bond donors (Lipinski definition) is 1. The van der Waals surface area contributed by atoms with Gasteiger partial charge >= 0.3 is 0 Å². The molecule has 1 aliphatic rings. The molecular weight excluding hydrogens is 411 g/mol. The van der Waals surface area contributed by atoms with Gasteiger partial charge in [-0.05, 0) is 43.5 Å². The molecule has 24 heavy (non-hydrogen) atoms. The van der Waals surface area contributed by atoms with Gasteiger partial charge in [-0.3, -0.25) is 4.99 Å². The number of halogens is 1. The van der Waals surface area contributed by atoms with Crippen molar-refractivity contribution < 1.29 is 0 Å². The van der Waals surface area contributed by atoms with Gasteiger partial charge in [-0.25, -0.2) is 0 Å². The normalized spacial score (nSPS) is 16.2. The number of likely N-dealkylation sites (tertiary alicyclic amines) is 1. The Kier molecular flexibility index (Phi) is 9.66. The highest BCUT2D eigenvalue weighted by atomic mass is 127. The Labute approximate surface area is 164 Å². The Morgan fingerprint density at radius 2 is 1.96 bits per heavy atom. The monoisotopic (exact) mass is 444 g/mol. The molecule has 1 aliphatic heterocycles. The van der Waals surface area contributed by atoms with E-state index in [1.54, 1.807) is 0 Å². The van der Waals surface area contributed by atoms with Crippen LogP contribution in [0.2, 0.25) is 0 Å². The smallest absolute Gasteiger partial charge is 0.193 e. The highest BCUT2D eigenvalue weighted by Gasteiger charge is 2.18. The van der Waals surface area contributed by atoms with Crippen LogP contribution in [0.3, 0.4) is 0 Å². The van der Waals surface area contributed by atoms with Crippen LogP contribution >= 0.6 is 24.0 Å². The quantitative estimate of drug-likeness (QED) is 0.428. The first kappa shape index (κ1) is 21.2. The number of rotatable bonds is 5. The van der Waals surface area contributed by atoms with Crippen LogP contribution in [0.5, 0.6) is 0 Å². The van der Waals surface area contributed by atoms with Crippen molar-refractivity contribution in [2.75, 3.05) is 33.7 Å². The molecular formula is C19H33IN4. The van der Waals surface area contributed by atoms with Gasteiger partial charge in [0.2, 0.25) is 0 Å². The van der Waals surface area contributed by atoms with Gasteiger partial charge in [0.25, 0.3) is 0 Å². The summed E-state index contributed by atoms with van der Waals surface area (Å²) in [7, 11) is 4.04. The van der Waals surface area contributed by atoms with Crippen LogP contribution in [0.25, 0.3) is 0 Å². The first-order chi connectivity index (χ1) is 11.1. The first-order valence-corrected chi connectivity index (χ1v) is 8.84. The summed E-state index contributed by atoms with van der Waals surface area (Å²) in [6, 6.07) is 8.84. The number of nitrogens with zero attached hydrogens (tertiary/aromatic N) is 3. The maximum absolute atomic E-state index is 4.46. The van der Waals surface area contributed by atoms with Crippen molar-refractivity contribution in [3.63, 3.8) is 0 Å². The second kappa shape index (κ2) is 10.9. The lowest BCUT2D eigenvalue weighted by atomic mass is 9.99. The molecule has 1 saturated heterocycles. The molecule has 1 heterocycles. The van der Waals surface area contributed by atoms with E-state index in [9.17, 15) is 0 Å². The highest BCUT2D eigenvalue weighted by Crippen LogP contribution is 2.16. The molecule has 1 aromatic rings. The van der Waals surface area contributed by atoms with Gasteiger partial charge in [0, 0.05) is 33.2 Å². The van der Waals surface area contributed by atoms with Gasteiger partial charge in [-0.2, -0.15) is 0 Å². The second-order valence-corrected chi connectivity index (χ2v) is 6.72. The van der Waals surface area contributed by atoms with Gasteiger partial charge in [-0.15, -0.1) is 24.0 Å². The summed E-state index contributed by atoms with van der Waals surface area (Å²) >= 11 is 0. The number of aliphatic imine (C=N–C) groups is 1. The predicted molar refractivity (Wildman–Crippen MR) is 114 cm³/mol. The zero-order valence-electron chi connectivity index (χ0n) is 15.6. The number of hydrogen-bond acceptors (Lipinski definition) is 2. The van der Waals surface area contributed by atoms with Crippen molar-refractivity contribution in [2.24, 2.45) is 10.9 Å². The Morgan fingerprint density at radius 3 is 2.58 bits per heavy atom. The summed E-state index contributed by atoms with van der Waals surface area (Å²) in [6.45, 7) is 9.67. The maximum Gasteiger partial charge on any atom is 0.193 e. The van der Waals surface area contributed by atoms with Gasteiger partial charge in [0.15, 0.2) is 5.96 Å². The number of nitrogens with one attached hydrogen (secondary N) is 1. The molecule has 0 spiro atoms. The molecule has 4 nitrogen and oxygen atoms in total. The molecule has 1 fully saturated rings. The van der Waals surface area contributed by atoms with E-state index in [-0.39, 0.29) is 24.0 Å². The Hall–Kier alpha value is -0.820. The van der Waals surface area contributed by atoms with Gasteiger partial charge in [-0.1, -0.05) is 38.1 Å². The van der Waals surface area contributed by atoms with E-state index < -0.39 is 0 Å². The zero-order chi connectivity index (χ0) is 16.7. The van der Waals surface area contributed by atoms with Crippen LogP contribution in [0, 0.1) is 5.92 Å². The molecule has 1 N–H and O–H groups in total. The summed E-state index contributed by atoms with van der Waals surface area (Å²) in [6.07, 6.45) is 2.53. The minimum Gasteiger partial charge on any atom is -0.352 e. The molecule has 0 atom stereocenters. The molecule has 0 amide bonds. The summed E-state index contributed by atoms with van der Waals surface area (Å²) in [5, 5.41) is 3.53. The van der Waals surface area contributed by atoms with Crippen molar-refractivity contribution >= 4 is 29.9 Å². The lowest BCUT2D eigenvalue weighted by Crippen LogP contribution is -2.45. The largest absolute Gasteiger partial charge is 0.352 e.